The van der Waals surface area contributed by atoms with E-state index in [0.717, 1.165) is 17.9 Å². The summed E-state index contributed by atoms with van der Waals surface area (Å²) in [5.74, 6) is 1.05. The Hall–Kier alpha value is -2.60. The first kappa shape index (κ1) is 17.8. The van der Waals surface area contributed by atoms with Crippen LogP contribution in [0.15, 0.2) is 53.3 Å². The lowest BCUT2D eigenvalue weighted by molar-refractivity contribution is -0.135. The largest absolute Gasteiger partial charge is 0.493 e. The molecule has 142 valence electrons. The molecule has 1 aromatic heterocycles. The van der Waals surface area contributed by atoms with Gasteiger partial charge >= 0.3 is 0 Å². The number of para-hydroxylation sites is 1. The summed E-state index contributed by atoms with van der Waals surface area (Å²) in [7, 11) is 0. The zero-order chi connectivity index (χ0) is 18.8. The second-order valence-corrected chi connectivity index (χ2v) is 7.31. The lowest BCUT2D eigenvalue weighted by atomic mass is 9.78. The summed E-state index contributed by atoms with van der Waals surface area (Å²) in [4.78, 5) is 26.9. The molecule has 1 aromatic carbocycles. The van der Waals surface area contributed by atoms with Crippen LogP contribution in [0.25, 0.3) is 0 Å². The molecular weight excluding hydrogens is 344 g/mol. The van der Waals surface area contributed by atoms with Gasteiger partial charge in [0.05, 0.1) is 25.7 Å². The average Bonchev–Trinajstić information content (AvgIpc) is 2.69. The van der Waals surface area contributed by atoms with E-state index in [1.807, 2.05) is 41.3 Å². The minimum atomic E-state index is -0.263. The summed E-state index contributed by atoms with van der Waals surface area (Å²) < 4.78 is 7.38. The fourth-order valence-electron chi connectivity index (χ4n) is 4.41. The number of carbonyl (C=O) groups is 1. The fraction of sp³-hybridized carbons (Fsp3) is 0.429. The number of carbonyl (C=O) groups excluding carboxylic acids is 1. The van der Waals surface area contributed by atoms with Crippen LogP contribution in [0.2, 0.25) is 0 Å². The first-order valence-corrected chi connectivity index (χ1v) is 9.45. The molecule has 0 saturated carbocycles. The van der Waals surface area contributed by atoms with Crippen LogP contribution >= 0.6 is 0 Å². The topological polar surface area (TPSA) is 71.8 Å². The molecule has 27 heavy (non-hydrogen) atoms. The molecule has 2 bridgehead atoms. The summed E-state index contributed by atoms with van der Waals surface area (Å²) >= 11 is 0. The molecule has 2 aliphatic heterocycles. The monoisotopic (exact) mass is 368 g/mol. The normalized spacial score (nSPS) is 23.6. The van der Waals surface area contributed by atoms with Crippen molar-refractivity contribution in [3.63, 3.8) is 0 Å². The van der Waals surface area contributed by atoms with Crippen LogP contribution in [0, 0.1) is 5.92 Å². The number of pyridine rings is 1. The molecule has 0 unspecified atom stereocenters. The van der Waals surface area contributed by atoms with Gasteiger partial charge in [-0.15, -0.1) is 0 Å². The van der Waals surface area contributed by atoms with Crippen molar-refractivity contribution in [2.75, 3.05) is 26.3 Å². The van der Waals surface area contributed by atoms with Crippen LogP contribution in [-0.4, -0.2) is 46.8 Å². The van der Waals surface area contributed by atoms with Crippen LogP contribution in [0.3, 0.4) is 0 Å². The van der Waals surface area contributed by atoms with Crippen LogP contribution in [0.1, 0.15) is 30.5 Å². The first-order valence-electron chi connectivity index (χ1n) is 9.45. The highest BCUT2D eigenvalue weighted by atomic mass is 16.5. The third-order valence-electron chi connectivity index (χ3n) is 5.67. The molecule has 1 amide bonds. The summed E-state index contributed by atoms with van der Waals surface area (Å²) in [6.07, 6.45) is 1.22. The molecule has 1 fully saturated rings. The Morgan fingerprint density at radius 2 is 1.93 bits per heavy atom. The highest BCUT2D eigenvalue weighted by molar-refractivity contribution is 5.76. The SMILES string of the molecule is O=C(CCOc1ccccc1)N1C[C@H]2C[C@@H](C1)[C@H](CO)n1c2cccc1=O. The zero-order valence-electron chi connectivity index (χ0n) is 15.2. The maximum atomic E-state index is 12.7. The number of aliphatic hydroxyl groups is 1. The Morgan fingerprint density at radius 3 is 2.70 bits per heavy atom. The molecule has 0 spiro atoms. The quantitative estimate of drug-likeness (QED) is 0.874. The van der Waals surface area contributed by atoms with Crippen molar-refractivity contribution >= 4 is 5.91 Å². The Labute approximate surface area is 158 Å². The lowest BCUT2D eigenvalue weighted by Crippen LogP contribution is -2.52. The van der Waals surface area contributed by atoms with E-state index in [-0.39, 0.29) is 36.0 Å². The molecule has 3 heterocycles. The summed E-state index contributed by atoms with van der Waals surface area (Å²) in [5, 5.41) is 9.88. The summed E-state index contributed by atoms with van der Waals surface area (Å²) in [6, 6.07) is 14.4. The van der Waals surface area contributed by atoms with Crippen LogP contribution < -0.4 is 10.3 Å². The molecule has 2 aliphatic rings. The van der Waals surface area contributed by atoms with Crippen molar-refractivity contribution in [3.8, 4) is 5.75 Å². The van der Waals surface area contributed by atoms with Crippen molar-refractivity contribution in [2.24, 2.45) is 5.92 Å². The predicted molar refractivity (Wildman–Crippen MR) is 101 cm³/mol. The van der Waals surface area contributed by atoms with E-state index in [4.69, 9.17) is 4.74 Å². The third kappa shape index (κ3) is 3.49. The third-order valence-corrected chi connectivity index (χ3v) is 5.67. The maximum absolute atomic E-state index is 12.7. The number of rotatable bonds is 5. The number of fused-ring (bicyclic) bond motifs is 4. The Balaban J connectivity index is 1.45. The number of amides is 1. The number of hydrogen-bond acceptors (Lipinski definition) is 4. The minimum absolute atomic E-state index is 0.0593. The number of hydrogen-bond donors (Lipinski definition) is 1. The Kier molecular flexibility index (Phi) is 4.99. The van der Waals surface area contributed by atoms with Gasteiger partial charge in [-0.3, -0.25) is 9.59 Å². The van der Waals surface area contributed by atoms with Crippen molar-refractivity contribution in [3.05, 3.63) is 64.6 Å². The highest BCUT2D eigenvalue weighted by Crippen LogP contribution is 2.40. The molecule has 2 aromatic rings. The molecule has 0 radical (unpaired) electrons. The van der Waals surface area contributed by atoms with Gasteiger partial charge in [0.25, 0.3) is 5.56 Å². The molecule has 1 saturated heterocycles. The van der Waals surface area contributed by atoms with Crippen LogP contribution in [0.5, 0.6) is 5.75 Å². The van der Waals surface area contributed by atoms with E-state index in [0.29, 0.717) is 26.1 Å². The summed E-state index contributed by atoms with van der Waals surface area (Å²) in [6.45, 7) is 1.44. The number of benzene rings is 1. The van der Waals surface area contributed by atoms with Gasteiger partial charge in [0.1, 0.15) is 5.75 Å². The number of ether oxygens (including phenoxy) is 1. The van der Waals surface area contributed by atoms with Crippen molar-refractivity contribution in [2.45, 2.75) is 24.8 Å². The van der Waals surface area contributed by atoms with Gasteiger partial charge in [0.2, 0.25) is 5.91 Å². The van der Waals surface area contributed by atoms with E-state index in [9.17, 15) is 14.7 Å². The van der Waals surface area contributed by atoms with Gasteiger partial charge in [0.15, 0.2) is 0 Å². The first-order chi connectivity index (χ1) is 13.2. The molecule has 0 aliphatic carbocycles. The average molecular weight is 368 g/mol. The fourth-order valence-corrected chi connectivity index (χ4v) is 4.41. The zero-order valence-corrected chi connectivity index (χ0v) is 15.2. The molecule has 3 atom stereocenters. The molecule has 1 N–H and O–H groups in total. The number of piperidine rings is 1. The van der Waals surface area contributed by atoms with E-state index in [1.54, 1.807) is 10.6 Å². The van der Waals surface area contributed by atoms with Crippen molar-refractivity contribution < 1.29 is 14.6 Å². The summed E-state index contributed by atoms with van der Waals surface area (Å²) in [5.41, 5.74) is 0.855. The van der Waals surface area contributed by atoms with Gasteiger partial charge in [-0.25, -0.2) is 0 Å². The number of nitrogens with zero attached hydrogens (tertiary/aromatic N) is 2. The van der Waals surface area contributed by atoms with Crippen molar-refractivity contribution in [1.29, 1.82) is 0 Å². The maximum Gasteiger partial charge on any atom is 0.251 e. The molecule has 6 heteroatoms. The van der Waals surface area contributed by atoms with E-state index < -0.39 is 0 Å². The molecule has 6 nitrogen and oxygen atoms in total. The predicted octanol–water partition coefficient (Wildman–Crippen LogP) is 1.80. The Bertz CT molecular complexity index is 864. The van der Waals surface area contributed by atoms with Gasteiger partial charge in [-0.1, -0.05) is 24.3 Å². The minimum Gasteiger partial charge on any atom is -0.493 e. The molecule has 4 rings (SSSR count). The van der Waals surface area contributed by atoms with Gasteiger partial charge in [-0.05, 0) is 24.6 Å². The highest BCUT2D eigenvalue weighted by Gasteiger charge is 2.41. The van der Waals surface area contributed by atoms with Gasteiger partial charge < -0.3 is 19.3 Å². The standard InChI is InChI=1S/C21H24N2O4/c24-14-19-16-11-15(18-7-4-8-21(26)23(18)19)12-22(13-16)20(25)9-10-27-17-5-2-1-3-6-17/h1-8,15-16,19,24H,9-14H2/t15-,16+,19+/m1/s1. The van der Waals surface area contributed by atoms with Crippen LogP contribution in [-0.2, 0) is 4.79 Å². The van der Waals surface area contributed by atoms with E-state index in [2.05, 4.69) is 0 Å². The van der Waals surface area contributed by atoms with Crippen LogP contribution in [0.4, 0.5) is 0 Å². The smallest absolute Gasteiger partial charge is 0.251 e. The Morgan fingerprint density at radius 1 is 1.11 bits per heavy atom. The van der Waals surface area contributed by atoms with E-state index >= 15 is 0 Å². The second-order valence-electron chi connectivity index (χ2n) is 7.31. The van der Waals surface area contributed by atoms with Gasteiger partial charge in [0, 0.05) is 36.7 Å². The van der Waals surface area contributed by atoms with E-state index in [1.165, 1.54) is 6.07 Å². The number of aromatic nitrogens is 1. The van der Waals surface area contributed by atoms with Gasteiger partial charge in [-0.2, -0.15) is 0 Å². The number of aliphatic hydroxyl groups excluding tert-OH is 1. The van der Waals surface area contributed by atoms with Crippen molar-refractivity contribution in [1.82, 2.24) is 9.47 Å². The second kappa shape index (κ2) is 7.56. The lowest BCUT2D eigenvalue weighted by Gasteiger charge is -2.46. The number of likely N-dealkylation sites (tertiary alicyclic amines) is 1. The molecular formula is C21H24N2O4.